The van der Waals surface area contributed by atoms with Crippen molar-refractivity contribution in [1.29, 1.82) is 0 Å². The molecule has 1 aromatic heterocycles. The van der Waals surface area contributed by atoms with Crippen LogP contribution < -0.4 is 0 Å². The summed E-state index contributed by atoms with van der Waals surface area (Å²) in [7, 11) is 0. The second kappa shape index (κ2) is 4.84. The van der Waals surface area contributed by atoms with Crippen molar-refractivity contribution in [3.63, 3.8) is 0 Å². The van der Waals surface area contributed by atoms with Gasteiger partial charge >= 0.3 is 5.97 Å². The van der Waals surface area contributed by atoms with Gasteiger partial charge < -0.3 is 14.6 Å². The first-order valence-corrected chi connectivity index (χ1v) is 6.98. The van der Waals surface area contributed by atoms with Crippen LogP contribution in [0.15, 0.2) is 59.0 Å². The van der Waals surface area contributed by atoms with Gasteiger partial charge in [0.1, 0.15) is 11.3 Å². The van der Waals surface area contributed by atoms with Crippen LogP contribution in [0, 0.1) is 0 Å². The van der Waals surface area contributed by atoms with Crippen molar-refractivity contribution >= 4 is 27.8 Å². The molecule has 2 N–H and O–H groups in total. The maximum Gasteiger partial charge on any atom is 0.335 e. The van der Waals surface area contributed by atoms with Gasteiger partial charge in [0.2, 0.25) is 5.89 Å². The summed E-state index contributed by atoms with van der Waals surface area (Å²) in [4.78, 5) is 15.5. The van der Waals surface area contributed by atoms with Crippen LogP contribution in [0.1, 0.15) is 10.4 Å². The Balaban J connectivity index is 1.94. The molecule has 0 saturated heterocycles. The van der Waals surface area contributed by atoms with Crippen molar-refractivity contribution < 1.29 is 19.4 Å². The van der Waals surface area contributed by atoms with Gasteiger partial charge in [0.05, 0.1) is 11.1 Å². The lowest BCUT2D eigenvalue weighted by atomic mass is 10.0. The average Bonchev–Trinajstić information content (AvgIpc) is 2.97. The normalized spacial score (nSPS) is 11.1. The molecule has 0 saturated carbocycles. The summed E-state index contributed by atoms with van der Waals surface area (Å²) in [5.74, 6) is -0.665. The van der Waals surface area contributed by atoms with E-state index in [9.17, 15) is 9.90 Å². The Morgan fingerprint density at radius 1 is 1.00 bits per heavy atom. The molecule has 0 atom stereocenters. The van der Waals surface area contributed by atoms with Crippen LogP contribution in [-0.4, -0.2) is 21.2 Å². The summed E-state index contributed by atoms with van der Waals surface area (Å²) in [6.07, 6.45) is 0. The van der Waals surface area contributed by atoms with Crippen LogP contribution in [0.2, 0.25) is 0 Å². The van der Waals surface area contributed by atoms with E-state index in [4.69, 9.17) is 9.52 Å². The van der Waals surface area contributed by atoms with E-state index in [1.54, 1.807) is 30.3 Å². The largest absolute Gasteiger partial charge is 0.507 e. The zero-order chi connectivity index (χ0) is 16.0. The van der Waals surface area contributed by atoms with E-state index in [1.807, 2.05) is 18.2 Å². The number of phenols is 1. The molecule has 0 bridgehead atoms. The Morgan fingerprint density at radius 2 is 1.83 bits per heavy atom. The quantitative estimate of drug-likeness (QED) is 0.583. The predicted molar refractivity (Wildman–Crippen MR) is 85.6 cm³/mol. The van der Waals surface area contributed by atoms with Crippen LogP contribution in [-0.2, 0) is 0 Å². The van der Waals surface area contributed by atoms with E-state index < -0.39 is 5.97 Å². The minimum absolute atomic E-state index is 0.0344. The molecule has 0 fully saturated rings. The van der Waals surface area contributed by atoms with Crippen molar-refractivity contribution in [2.45, 2.75) is 0 Å². The van der Waals surface area contributed by atoms with Crippen molar-refractivity contribution in [1.82, 2.24) is 4.98 Å². The molecule has 3 aromatic carbocycles. The fourth-order valence-electron chi connectivity index (χ4n) is 2.58. The topological polar surface area (TPSA) is 83.6 Å². The smallest absolute Gasteiger partial charge is 0.335 e. The molecular formula is C18H11NO4. The molecule has 0 unspecified atom stereocenters. The molecule has 0 aliphatic rings. The summed E-state index contributed by atoms with van der Waals surface area (Å²) in [5, 5.41) is 20.8. The van der Waals surface area contributed by atoms with E-state index in [1.165, 1.54) is 6.07 Å². The van der Waals surface area contributed by atoms with Crippen molar-refractivity contribution in [2.24, 2.45) is 0 Å². The number of carbonyl (C=O) groups is 1. The predicted octanol–water partition coefficient (Wildman–Crippen LogP) is 4.05. The lowest BCUT2D eigenvalue weighted by Crippen LogP contribution is -1.95. The molecule has 0 aliphatic heterocycles. The second-order valence-corrected chi connectivity index (χ2v) is 5.22. The van der Waals surface area contributed by atoms with Crippen LogP contribution in [0.25, 0.3) is 33.3 Å². The average molecular weight is 305 g/mol. The monoisotopic (exact) mass is 305 g/mol. The van der Waals surface area contributed by atoms with Crippen LogP contribution in [0.5, 0.6) is 5.75 Å². The first kappa shape index (κ1) is 13.3. The highest BCUT2D eigenvalue weighted by Gasteiger charge is 2.14. The third-order valence-electron chi connectivity index (χ3n) is 3.73. The molecule has 5 heteroatoms. The van der Waals surface area contributed by atoms with Gasteiger partial charge in [-0.15, -0.1) is 0 Å². The highest BCUT2D eigenvalue weighted by atomic mass is 16.4. The number of rotatable bonds is 2. The highest BCUT2D eigenvalue weighted by molar-refractivity contribution is 5.96. The Bertz CT molecular complexity index is 1030. The first-order chi connectivity index (χ1) is 11.1. The number of aromatic carboxylic acids is 1. The van der Waals surface area contributed by atoms with E-state index in [0.717, 1.165) is 5.39 Å². The number of aromatic nitrogens is 1. The Labute approximate surface area is 130 Å². The molecule has 0 aliphatic carbocycles. The number of oxazole rings is 1. The SMILES string of the molecule is O=C(O)c1ccc2cc(O)c(-c3nc4ccccc4o3)cc2c1. The van der Waals surface area contributed by atoms with Gasteiger partial charge in [-0.3, -0.25) is 0 Å². The van der Waals surface area contributed by atoms with Gasteiger partial charge in [-0.1, -0.05) is 18.2 Å². The van der Waals surface area contributed by atoms with Crippen LogP contribution >= 0.6 is 0 Å². The zero-order valence-electron chi connectivity index (χ0n) is 11.9. The first-order valence-electron chi connectivity index (χ1n) is 6.98. The van der Waals surface area contributed by atoms with Gasteiger partial charge in [0.15, 0.2) is 5.58 Å². The minimum Gasteiger partial charge on any atom is -0.507 e. The number of nitrogens with zero attached hydrogens (tertiary/aromatic N) is 1. The van der Waals surface area contributed by atoms with Gasteiger partial charge in [-0.25, -0.2) is 9.78 Å². The maximum atomic E-state index is 11.1. The number of fused-ring (bicyclic) bond motifs is 2. The summed E-state index contributed by atoms with van der Waals surface area (Å²) in [5.41, 5.74) is 1.94. The van der Waals surface area contributed by atoms with Crippen molar-refractivity contribution in [2.75, 3.05) is 0 Å². The number of carboxylic acid groups (broad SMARTS) is 1. The zero-order valence-corrected chi connectivity index (χ0v) is 11.9. The molecule has 4 aromatic rings. The van der Waals surface area contributed by atoms with Crippen molar-refractivity contribution in [3.05, 3.63) is 60.2 Å². The minimum atomic E-state index is -0.997. The molecule has 23 heavy (non-hydrogen) atoms. The van der Waals surface area contributed by atoms with E-state index in [-0.39, 0.29) is 11.3 Å². The Kier molecular flexibility index (Phi) is 2.81. The van der Waals surface area contributed by atoms with E-state index in [2.05, 4.69) is 4.98 Å². The van der Waals surface area contributed by atoms with Crippen LogP contribution in [0.3, 0.4) is 0 Å². The lowest BCUT2D eigenvalue weighted by molar-refractivity contribution is 0.0697. The van der Waals surface area contributed by atoms with Gasteiger partial charge in [-0.05, 0) is 47.2 Å². The second-order valence-electron chi connectivity index (χ2n) is 5.22. The number of aromatic hydroxyl groups is 1. The number of hydrogen-bond donors (Lipinski definition) is 2. The molecule has 5 nitrogen and oxygen atoms in total. The number of benzene rings is 3. The number of carboxylic acids is 1. The number of para-hydroxylation sites is 2. The molecule has 112 valence electrons. The third kappa shape index (κ3) is 2.19. The molecule has 0 amide bonds. The standard InChI is InChI=1S/C18H11NO4/c20-15-9-10-5-6-11(18(21)22)7-12(10)8-13(15)17-19-14-3-1-2-4-16(14)23-17/h1-9,20H,(H,21,22). The fraction of sp³-hybridized carbons (Fsp3) is 0. The van der Waals surface area contributed by atoms with E-state index >= 15 is 0 Å². The lowest BCUT2D eigenvalue weighted by Gasteiger charge is -2.05. The van der Waals surface area contributed by atoms with Gasteiger partial charge in [-0.2, -0.15) is 0 Å². The Morgan fingerprint density at radius 3 is 2.61 bits per heavy atom. The van der Waals surface area contributed by atoms with Gasteiger partial charge in [0.25, 0.3) is 0 Å². The number of phenolic OH excluding ortho intramolecular Hbond substituents is 1. The van der Waals surface area contributed by atoms with Gasteiger partial charge in [0, 0.05) is 0 Å². The van der Waals surface area contributed by atoms with E-state index in [0.29, 0.717) is 27.9 Å². The molecule has 1 heterocycles. The summed E-state index contributed by atoms with van der Waals surface area (Å²) >= 11 is 0. The molecule has 0 radical (unpaired) electrons. The molecular weight excluding hydrogens is 294 g/mol. The molecule has 4 rings (SSSR count). The number of hydrogen-bond acceptors (Lipinski definition) is 4. The fourth-order valence-corrected chi connectivity index (χ4v) is 2.58. The third-order valence-corrected chi connectivity index (χ3v) is 3.73. The summed E-state index contributed by atoms with van der Waals surface area (Å²) in [6.45, 7) is 0. The Hall–Kier alpha value is -3.34. The molecule has 0 spiro atoms. The summed E-state index contributed by atoms with van der Waals surface area (Å²) in [6, 6.07) is 15.3. The highest BCUT2D eigenvalue weighted by Crippen LogP contribution is 2.34. The van der Waals surface area contributed by atoms with Crippen molar-refractivity contribution in [3.8, 4) is 17.2 Å². The summed E-state index contributed by atoms with van der Waals surface area (Å²) < 4.78 is 5.67. The van der Waals surface area contributed by atoms with Crippen LogP contribution in [0.4, 0.5) is 0 Å². The maximum absolute atomic E-state index is 11.1.